The van der Waals surface area contributed by atoms with Crippen LogP contribution >= 0.6 is 43.5 Å². The molecule has 2 aromatic rings. The van der Waals surface area contributed by atoms with Crippen molar-refractivity contribution in [2.24, 2.45) is 0 Å². The summed E-state index contributed by atoms with van der Waals surface area (Å²) in [5.41, 5.74) is 5.08. The van der Waals surface area contributed by atoms with Gasteiger partial charge >= 0.3 is 11.9 Å². The van der Waals surface area contributed by atoms with E-state index in [9.17, 15) is 18.4 Å². The Morgan fingerprint density at radius 2 is 1.42 bits per heavy atom. The first-order valence-electron chi connectivity index (χ1n) is 6.42. The Balaban J connectivity index is 0.000000260. The molecule has 0 unspecified atom stereocenters. The van der Waals surface area contributed by atoms with Gasteiger partial charge in [0.05, 0.1) is 24.9 Å². The Bertz CT molecular complexity index is 786. The van der Waals surface area contributed by atoms with E-state index in [2.05, 4.69) is 51.3 Å². The van der Waals surface area contributed by atoms with Crippen LogP contribution in [0.5, 0.6) is 0 Å². The molecule has 140 valence electrons. The minimum absolute atomic E-state index is 0.0486. The molecule has 0 atom stereocenters. The molecule has 2 heterocycles. The molecular formula is C14H10Br2ClF2N3O4. The van der Waals surface area contributed by atoms with E-state index >= 15 is 0 Å². The van der Waals surface area contributed by atoms with E-state index in [4.69, 9.17) is 17.3 Å². The van der Waals surface area contributed by atoms with Crippen LogP contribution in [-0.2, 0) is 9.47 Å². The van der Waals surface area contributed by atoms with Crippen LogP contribution in [0.4, 0.5) is 14.5 Å². The normalized spacial score (nSPS) is 9.81. The van der Waals surface area contributed by atoms with Crippen molar-refractivity contribution < 1.29 is 27.8 Å². The first-order valence-corrected chi connectivity index (χ1v) is 8.38. The fourth-order valence-electron chi connectivity index (χ4n) is 1.42. The molecule has 0 saturated heterocycles. The Morgan fingerprint density at radius 3 is 1.92 bits per heavy atom. The van der Waals surface area contributed by atoms with E-state index in [0.29, 0.717) is 0 Å². The topological polar surface area (TPSA) is 104 Å². The summed E-state index contributed by atoms with van der Waals surface area (Å²) in [6.45, 7) is 0. The molecule has 0 spiro atoms. The van der Waals surface area contributed by atoms with Gasteiger partial charge in [-0.15, -0.1) is 0 Å². The number of hydrogen-bond acceptors (Lipinski definition) is 7. The number of carbonyl (C=O) groups excluding carboxylic acids is 2. The van der Waals surface area contributed by atoms with Crippen molar-refractivity contribution in [3.63, 3.8) is 0 Å². The number of anilines is 1. The Kier molecular flexibility index (Phi) is 8.31. The molecule has 0 bridgehead atoms. The summed E-state index contributed by atoms with van der Waals surface area (Å²) in [6.07, 6.45) is 0. The summed E-state index contributed by atoms with van der Waals surface area (Å²) < 4.78 is 34.2. The molecule has 26 heavy (non-hydrogen) atoms. The average Bonchev–Trinajstić information content (AvgIpc) is 2.60. The van der Waals surface area contributed by atoms with E-state index in [-0.39, 0.29) is 31.3 Å². The number of pyridine rings is 2. The highest BCUT2D eigenvalue weighted by atomic mass is 79.9. The number of methoxy groups -OCH3 is 2. The van der Waals surface area contributed by atoms with Crippen molar-refractivity contribution in [2.45, 2.75) is 0 Å². The standard InChI is InChI=1S/C7H4BrClFNO2.C7H6BrFN2O2/c1-13-7(12)5-3(9)2-4(10)6(8)11-5;1-13-7(12)5-4(10)2-3(9)6(8)11-5/h2H,1H3;2H,10H2,1H3. The van der Waals surface area contributed by atoms with Crippen molar-refractivity contribution in [3.8, 4) is 0 Å². The van der Waals surface area contributed by atoms with E-state index in [1.807, 2.05) is 0 Å². The lowest BCUT2D eigenvalue weighted by Crippen LogP contribution is -2.09. The predicted octanol–water partition coefficient (Wildman–Crippen LogP) is 3.78. The summed E-state index contributed by atoms with van der Waals surface area (Å²) >= 11 is 11.2. The molecular weight excluding hydrogens is 507 g/mol. The second kappa shape index (κ2) is 9.74. The van der Waals surface area contributed by atoms with Gasteiger partial charge in [0.25, 0.3) is 0 Å². The third-order valence-corrected chi connectivity index (χ3v) is 4.01. The van der Waals surface area contributed by atoms with E-state index in [1.165, 1.54) is 14.2 Å². The number of ether oxygens (including phenoxy) is 2. The van der Waals surface area contributed by atoms with Gasteiger partial charge in [0, 0.05) is 6.07 Å². The van der Waals surface area contributed by atoms with E-state index in [0.717, 1.165) is 12.1 Å². The quantitative estimate of drug-likeness (QED) is 0.478. The smallest absolute Gasteiger partial charge is 0.358 e. The van der Waals surface area contributed by atoms with Gasteiger partial charge in [-0.05, 0) is 37.9 Å². The monoisotopic (exact) mass is 515 g/mol. The third-order valence-electron chi connectivity index (χ3n) is 2.61. The van der Waals surface area contributed by atoms with Gasteiger partial charge in [-0.2, -0.15) is 0 Å². The highest BCUT2D eigenvalue weighted by Gasteiger charge is 2.16. The first kappa shape index (κ1) is 22.2. The fourth-order valence-corrected chi connectivity index (χ4v) is 2.22. The SMILES string of the molecule is COC(=O)c1nc(Br)c(F)cc1Cl.COC(=O)c1nc(Br)c(F)cc1N. The molecule has 2 aromatic heterocycles. The summed E-state index contributed by atoms with van der Waals surface area (Å²) in [5, 5.41) is -0.0763. The number of rotatable bonds is 2. The highest BCUT2D eigenvalue weighted by molar-refractivity contribution is 9.10. The number of esters is 2. The van der Waals surface area contributed by atoms with Gasteiger partial charge < -0.3 is 15.2 Å². The minimum atomic E-state index is -0.703. The van der Waals surface area contributed by atoms with Crippen molar-refractivity contribution in [1.29, 1.82) is 0 Å². The van der Waals surface area contributed by atoms with Crippen LogP contribution < -0.4 is 5.73 Å². The lowest BCUT2D eigenvalue weighted by atomic mass is 10.3. The average molecular weight is 518 g/mol. The highest BCUT2D eigenvalue weighted by Crippen LogP contribution is 2.21. The van der Waals surface area contributed by atoms with Crippen LogP contribution in [0.1, 0.15) is 21.0 Å². The maximum atomic E-state index is 12.8. The third kappa shape index (κ3) is 5.58. The van der Waals surface area contributed by atoms with Crippen LogP contribution in [0.15, 0.2) is 21.3 Å². The van der Waals surface area contributed by atoms with Crippen molar-refractivity contribution in [1.82, 2.24) is 9.97 Å². The zero-order valence-corrected chi connectivity index (χ0v) is 17.1. The maximum Gasteiger partial charge on any atom is 0.358 e. The van der Waals surface area contributed by atoms with E-state index < -0.39 is 23.6 Å². The number of nitrogens with two attached hydrogens (primary N) is 1. The van der Waals surface area contributed by atoms with Crippen LogP contribution in [0, 0.1) is 11.6 Å². The van der Waals surface area contributed by atoms with Crippen LogP contribution in [0.3, 0.4) is 0 Å². The number of carbonyl (C=O) groups is 2. The van der Waals surface area contributed by atoms with Gasteiger partial charge in [-0.1, -0.05) is 11.6 Å². The number of nitrogens with zero attached hydrogens (tertiary/aromatic N) is 2. The molecule has 0 aliphatic carbocycles. The zero-order valence-electron chi connectivity index (χ0n) is 13.1. The Labute approximate surface area is 168 Å². The van der Waals surface area contributed by atoms with Crippen LogP contribution in [-0.4, -0.2) is 36.1 Å². The van der Waals surface area contributed by atoms with Gasteiger partial charge in [-0.25, -0.2) is 28.3 Å². The fraction of sp³-hybridized carbons (Fsp3) is 0.143. The molecule has 0 aliphatic heterocycles. The molecule has 7 nitrogen and oxygen atoms in total. The lowest BCUT2D eigenvalue weighted by Gasteiger charge is -2.03. The summed E-state index contributed by atoms with van der Waals surface area (Å²) in [5.74, 6) is -2.65. The molecule has 2 N–H and O–H groups in total. The first-order chi connectivity index (χ1) is 12.1. The van der Waals surface area contributed by atoms with E-state index in [1.54, 1.807) is 0 Å². The molecule has 0 radical (unpaired) electrons. The van der Waals surface area contributed by atoms with Gasteiger partial charge in [0.1, 0.15) is 9.21 Å². The maximum absolute atomic E-state index is 12.8. The van der Waals surface area contributed by atoms with Crippen molar-refractivity contribution >= 4 is 61.1 Å². The molecule has 0 aliphatic rings. The molecule has 2 rings (SSSR count). The predicted molar refractivity (Wildman–Crippen MR) is 95.9 cm³/mol. The Hall–Kier alpha value is -1.85. The van der Waals surface area contributed by atoms with Crippen molar-refractivity contribution in [2.75, 3.05) is 20.0 Å². The molecule has 0 fully saturated rings. The summed E-state index contributed by atoms with van der Waals surface area (Å²) in [4.78, 5) is 29.1. The number of halogens is 5. The largest absolute Gasteiger partial charge is 0.464 e. The number of hydrogen-bond donors (Lipinski definition) is 1. The molecule has 0 amide bonds. The van der Waals surface area contributed by atoms with Crippen LogP contribution in [0.25, 0.3) is 0 Å². The Morgan fingerprint density at radius 1 is 1.00 bits per heavy atom. The zero-order chi connectivity index (χ0) is 20.0. The van der Waals surface area contributed by atoms with Crippen molar-refractivity contribution in [3.05, 3.63) is 49.4 Å². The number of aromatic nitrogens is 2. The molecule has 12 heteroatoms. The minimum Gasteiger partial charge on any atom is -0.464 e. The van der Waals surface area contributed by atoms with Gasteiger partial charge in [0.2, 0.25) is 0 Å². The van der Waals surface area contributed by atoms with Crippen LogP contribution in [0.2, 0.25) is 5.02 Å². The molecule has 0 saturated carbocycles. The van der Waals surface area contributed by atoms with Gasteiger partial charge in [-0.3, -0.25) is 0 Å². The van der Waals surface area contributed by atoms with Gasteiger partial charge in [0.15, 0.2) is 23.0 Å². The molecule has 0 aromatic carbocycles. The summed E-state index contributed by atoms with van der Waals surface area (Å²) in [6, 6.07) is 1.99. The summed E-state index contributed by atoms with van der Waals surface area (Å²) in [7, 11) is 2.39. The second-order valence-electron chi connectivity index (χ2n) is 4.27. The number of nitrogen functional groups attached to an aromatic ring is 1. The lowest BCUT2D eigenvalue weighted by molar-refractivity contribution is 0.0585. The second-order valence-corrected chi connectivity index (χ2v) is 6.18.